The molecule has 23 heavy (non-hydrogen) atoms. The number of ether oxygens (including phenoxy) is 1. The van der Waals surface area contributed by atoms with Crippen molar-refractivity contribution in [3.63, 3.8) is 0 Å². The Kier molecular flexibility index (Phi) is 4.91. The van der Waals surface area contributed by atoms with E-state index in [0.717, 1.165) is 25.1 Å². The van der Waals surface area contributed by atoms with Gasteiger partial charge in [-0.05, 0) is 49.1 Å². The zero-order valence-corrected chi connectivity index (χ0v) is 13.0. The molecule has 120 valence electrons. The highest BCUT2D eigenvalue weighted by molar-refractivity contribution is 5.94. The van der Waals surface area contributed by atoms with Crippen molar-refractivity contribution in [2.45, 2.75) is 12.8 Å². The molecule has 0 bridgehead atoms. The van der Waals surface area contributed by atoms with Crippen LogP contribution in [0.25, 0.3) is 0 Å². The second kappa shape index (κ2) is 7.27. The normalized spacial score (nSPS) is 17.3. The number of para-hydroxylation sites is 1. The van der Waals surface area contributed by atoms with Crippen molar-refractivity contribution >= 4 is 5.91 Å². The summed E-state index contributed by atoms with van der Waals surface area (Å²) in [4.78, 5) is 14.2. The number of nitrogens with zero attached hydrogens (tertiary/aromatic N) is 1. The maximum atomic E-state index is 13.2. The summed E-state index contributed by atoms with van der Waals surface area (Å²) in [5, 5.41) is 0. The number of hydrogen-bond donors (Lipinski definition) is 0. The fourth-order valence-electron chi connectivity index (χ4n) is 2.92. The zero-order valence-electron chi connectivity index (χ0n) is 13.0. The Hall–Kier alpha value is -2.36. The molecule has 1 atom stereocenters. The average molecular weight is 313 g/mol. The lowest BCUT2D eigenvalue weighted by atomic mass is 10.1. The third kappa shape index (κ3) is 4.09. The van der Waals surface area contributed by atoms with Crippen molar-refractivity contribution in [2.75, 3.05) is 19.7 Å². The van der Waals surface area contributed by atoms with E-state index in [4.69, 9.17) is 4.74 Å². The zero-order chi connectivity index (χ0) is 16.1. The molecule has 0 N–H and O–H groups in total. The molecule has 0 aromatic heterocycles. The number of rotatable bonds is 5. The number of hydrogen-bond acceptors (Lipinski definition) is 2. The van der Waals surface area contributed by atoms with Crippen LogP contribution in [0.15, 0.2) is 54.6 Å². The van der Waals surface area contributed by atoms with Crippen LogP contribution in [-0.4, -0.2) is 30.5 Å². The van der Waals surface area contributed by atoms with Crippen LogP contribution >= 0.6 is 0 Å². The molecule has 1 aliphatic heterocycles. The van der Waals surface area contributed by atoms with Crippen LogP contribution in [0.5, 0.6) is 5.75 Å². The van der Waals surface area contributed by atoms with Gasteiger partial charge in [-0.1, -0.05) is 24.3 Å². The number of amides is 1. The van der Waals surface area contributed by atoms with Crippen LogP contribution in [0.1, 0.15) is 23.2 Å². The van der Waals surface area contributed by atoms with E-state index in [1.807, 2.05) is 35.2 Å². The molecule has 1 saturated heterocycles. The maximum absolute atomic E-state index is 13.2. The maximum Gasteiger partial charge on any atom is 0.253 e. The predicted octanol–water partition coefficient (Wildman–Crippen LogP) is 3.76. The van der Waals surface area contributed by atoms with Crippen molar-refractivity contribution in [2.24, 2.45) is 5.92 Å². The van der Waals surface area contributed by atoms with Crippen molar-refractivity contribution in [3.05, 3.63) is 66.0 Å². The lowest BCUT2D eigenvalue weighted by molar-refractivity contribution is 0.0784. The Morgan fingerprint density at radius 2 is 2.00 bits per heavy atom. The van der Waals surface area contributed by atoms with Gasteiger partial charge in [0.25, 0.3) is 5.91 Å². The van der Waals surface area contributed by atoms with Crippen molar-refractivity contribution in [1.82, 2.24) is 4.90 Å². The second-order valence-electron chi connectivity index (χ2n) is 5.87. The van der Waals surface area contributed by atoms with Gasteiger partial charge in [-0.2, -0.15) is 0 Å². The van der Waals surface area contributed by atoms with E-state index in [1.165, 1.54) is 12.1 Å². The van der Waals surface area contributed by atoms with Gasteiger partial charge in [-0.3, -0.25) is 4.79 Å². The van der Waals surface area contributed by atoms with Crippen LogP contribution in [0.4, 0.5) is 4.39 Å². The van der Waals surface area contributed by atoms with Crippen LogP contribution < -0.4 is 4.74 Å². The van der Waals surface area contributed by atoms with Crippen LogP contribution in [0.2, 0.25) is 0 Å². The predicted molar refractivity (Wildman–Crippen MR) is 87.0 cm³/mol. The number of likely N-dealkylation sites (tertiary alicyclic amines) is 1. The topological polar surface area (TPSA) is 29.5 Å². The molecule has 1 unspecified atom stereocenters. The summed E-state index contributed by atoms with van der Waals surface area (Å²) < 4.78 is 18.9. The molecule has 0 saturated carbocycles. The van der Waals surface area contributed by atoms with E-state index < -0.39 is 0 Å². The van der Waals surface area contributed by atoms with Crippen LogP contribution in [0, 0.1) is 11.7 Å². The lowest BCUT2D eigenvalue weighted by Gasteiger charge is -2.17. The molecule has 1 amide bonds. The number of carbonyl (C=O) groups is 1. The molecular weight excluding hydrogens is 293 g/mol. The molecule has 0 aliphatic carbocycles. The SMILES string of the molecule is O=C(c1cccc(F)c1)N1CCC(CCOc2ccccc2)C1. The van der Waals surface area contributed by atoms with Gasteiger partial charge in [0.05, 0.1) is 6.61 Å². The van der Waals surface area contributed by atoms with Gasteiger partial charge < -0.3 is 9.64 Å². The van der Waals surface area contributed by atoms with E-state index in [9.17, 15) is 9.18 Å². The molecule has 3 nitrogen and oxygen atoms in total. The molecule has 1 aliphatic rings. The van der Waals surface area contributed by atoms with Gasteiger partial charge in [0.15, 0.2) is 0 Å². The van der Waals surface area contributed by atoms with Crippen LogP contribution in [-0.2, 0) is 0 Å². The Balaban J connectivity index is 1.47. The summed E-state index contributed by atoms with van der Waals surface area (Å²) in [7, 11) is 0. The van der Waals surface area contributed by atoms with Crippen molar-refractivity contribution < 1.29 is 13.9 Å². The van der Waals surface area contributed by atoms with Gasteiger partial charge in [0.2, 0.25) is 0 Å². The standard InChI is InChI=1S/C19H20FNO2/c20-17-6-4-5-16(13-17)19(22)21-11-9-15(14-21)10-12-23-18-7-2-1-3-8-18/h1-8,13,15H,9-12,14H2. The summed E-state index contributed by atoms with van der Waals surface area (Å²) in [6, 6.07) is 15.6. The molecule has 2 aromatic carbocycles. The first kappa shape index (κ1) is 15.5. The molecule has 3 rings (SSSR count). The smallest absolute Gasteiger partial charge is 0.253 e. The van der Waals surface area contributed by atoms with Crippen molar-refractivity contribution in [3.8, 4) is 5.75 Å². The van der Waals surface area contributed by atoms with Crippen LogP contribution in [0.3, 0.4) is 0 Å². The summed E-state index contributed by atoms with van der Waals surface area (Å²) in [5.41, 5.74) is 0.422. The van der Waals surface area contributed by atoms with Gasteiger partial charge in [-0.25, -0.2) is 4.39 Å². The van der Waals surface area contributed by atoms with Gasteiger partial charge >= 0.3 is 0 Å². The Labute approximate surface area is 135 Å². The monoisotopic (exact) mass is 313 g/mol. The molecule has 0 spiro atoms. The summed E-state index contributed by atoms with van der Waals surface area (Å²) in [6.07, 6.45) is 1.89. The first-order valence-corrected chi connectivity index (χ1v) is 7.95. The minimum Gasteiger partial charge on any atom is -0.494 e. The molecular formula is C19H20FNO2. The Bertz CT molecular complexity index is 659. The fraction of sp³-hybridized carbons (Fsp3) is 0.316. The van der Waals surface area contributed by atoms with Gasteiger partial charge in [0, 0.05) is 18.7 Å². The quantitative estimate of drug-likeness (QED) is 0.841. The number of halogens is 1. The highest BCUT2D eigenvalue weighted by Crippen LogP contribution is 2.22. The third-order valence-corrected chi connectivity index (χ3v) is 4.18. The van der Waals surface area contributed by atoms with Gasteiger partial charge in [0.1, 0.15) is 11.6 Å². The highest BCUT2D eigenvalue weighted by Gasteiger charge is 2.26. The molecule has 1 fully saturated rings. The Morgan fingerprint density at radius 3 is 2.78 bits per heavy atom. The minimum atomic E-state index is -0.372. The molecule has 1 heterocycles. The second-order valence-corrected chi connectivity index (χ2v) is 5.87. The third-order valence-electron chi connectivity index (χ3n) is 4.18. The molecule has 2 aromatic rings. The summed E-state index contributed by atoms with van der Waals surface area (Å²) in [5.74, 6) is 0.855. The van der Waals surface area contributed by atoms with E-state index in [2.05, 4.69) is 0 Å². The van der Waals surface area contributed by atoms with E-state index in [0.29, 0.717) is 24.6 Å². The minimum absolute atomic E-state index is 0.0871. The average Bonchev–Trinajstić information content (AvgIpc) is 3.04. The number of benzene rings is 2. The van der Waals surface area contributed by atoms with E-state index in [1.54, 1.807) is 12.1 Å². The highest BCUT2D eigenvalue weighted by atomic mass is 19.1. The fourth-order valence-corrected chi connectivity index (χ4v) is 2.92. The lowest BCUT2D eigenvalue weighted by Crippen LogP contribution is -2.28. The number of carbonyl (C=O) groups excluding carboxylic acids is 1. The first-order valence-electron chi connectivity index (χ1n) is 7.95. The first-order chi connectivity index (χ1) is 11.2. The largest absolute Gasteiger partial charge is 0.494 e. The molecule has 4 heteroatoms. The van der Waals surface area contributed by atoms with E-state index in [-0.39, 0.29) is 11.7 Å². The van der Waals surface area contributed by atoms with Crippen molar-refractivity contribution in [1.29, 1.82) is 0 Å². The van der Waals surface area contributed by atoms with E-state index >= 15 is 0 Å². The summed E-state index contributed by atoms with van der Waals surface area (Å²) >= 11 is 0. The Morgan fingerprint density at radius 1 is 1.17 bits per heavy atom. The van der Waals surface area contributed by atoms with Gasteiger partial charge in [-0.15, -0.1) is 0 Å². The summed E-state index contributed by atoms with van der Waals surface area (Å²) in [6.45, 7) is 2.09. The molecule has 0 radical (unpaired) electrons.